The first-order chi connectivity index (χ1) is 7.63. The maximum absolute atomic E-state index is 12.1. The molecule has 0 aromatic carbocycles. The van der Waals surface area contributed by atoms with Crippen LogP contribution in [0, 0.1) is 11.8 Å². The standard InChI is InChI=1S/C13H26N2O.ClH/c1-4-15(10-11(2)3)13(16)9-12-5-7-14-8-6-12;/h11-12,14H,4-10H2,1-3H3;1H. The lowest BCUT2D eigenvalue weighted by atomic mass is 9.94. The Balaban J connectivity index is 0.00000256. The topological polar surface area (TPSA) is 32.3 Å². The quantitative estimate of drug-likeness (QED) is 0.825. The highest BCUT2D eigenvalue weighted by Crippen LogP contribution is 2.17. The van der Waals surface area contributed by atoms with Gasteiger partial charge in [-0.25, -0.2) is 0 Å². The number of nitrogens with one attached hydrogen (secondary N) is 1. The molecule has 4 heteroatoms. The maximum Gasteiger partial charge on any atom is 0.222 e. The molecule has 1 amide bonds. The van der Waals surface area contributed by atoms with E-state index >= 15 is 0 Å². The first-order valence-electron chi connectivity index (χ1n) is 6.62. The lowest BCUT2D eigenvalue weighted by molar-refractivity contribution is -0.132. The van der Waals surface area contributed by atoms with E-state index in [0.29, 0.717) is 17.7 Å². The summed E-state index contributed by atoms with van der Waals surface area (Å²) in [5, 5.41) is 3.34. The third-order valence-electron chi connectivity index (χ3n) is 3.24. The molecule has 0 saturated carbocycles. The van der Waals surface area contributed by atoms with Crippen LogP contribution in [-0.4, -0.2) is 37.0 Å². The van der Waals surface area contributed by atoms with Crippen LogP contribution in [0.1, 0.15) is 40.0 Å². The van der Waals surface area contributed by atoms with Gasteiger partial charge in [0.1, 0.15) is 0 Å². The molecule has 0 bridgehead atoms. The highest BCUT2D eigenvalue weighted by molar-refractivity contribution is 5.85. The summed E-state index contributed by atoms with van der Waals surface area (Å²) in [6.45, 7) is 10.3. The van der Waals surface area contributed by atoms with Crippen LogP contribution in [0.25, 0.3) is 0 Å². The van der Waals surface area contributed by atoms with Gasteiger partial charge in [-0.3, -0.25) is 4.79 Å². The Morgan fingerprint density at radius 3 is 2.41 bits per heavy atom. The van der Waals surface area contributed by atoms with Gasteiger partial charge in [-0.05, 0) is 44.7 Å². The fourth-order valence-corrected chi connectivity index (χ4v) is 2.31. The number of halogens is 1. The fraction of sp³-hybridized carbons (Fsp3) is 0.923. The molecule has 0 radical (unpaired) electrons. The van der Waals surface area contributed by atoms with Gasteiger partial charge in [0.2, 0.25) is 5.91 Å². The molecular formula is C13H27ClN2O. The first-order valence-corrected chi connectivity index (χ1v) is 6.62. The van der Waals surface area contributed by atoms with E-state index in [-0.39, 0.29) is 12.4 Å². The van der Waals surface area contributed by atoms with Gasteiger partial charge in [-0.1, -0.05) is 13.8 Å². The summed E-state index contributed by atoms with van der Waals surface area (Å²) < 4.78 is 0. The zero-order chi connectivity index (χ0) is 12.0. The number of piperidine rings is 1. The Labute approximate surface area is 112 Å². The van der Waals surface area contributed by atoms with Gasteiger partial charge in [0.25, 0.3) is 0 Å². The molecule has 0 unspecified atom stereocenters. The summed E-state index contributed by atoms with van der Waals surface area (Å²) in [4.78, 5) is 14.1. The van der Waals surface area contributed by atoms with E-state index in [1.807, 2.05) is 4.90 Å². The van der Waals surface area contributed by atoms with Crippen molar-refractivity contribution < 1.29 is 4.79 Å². The molecule has 0 spiro atoms. The lowest BCUT2D eigenvalue weighted by Crippen LogP contribution is -2.37. The largest absolute Gasteiger partial charge is 0.343 e. The SMILES string of the molecule is CCN(CC(C)C)C(=O)CC1CCNCC1.Cl. The van der Waals surface area contributed by atoms with Crippen molar-refractivity contribution in [2.24, 2.45) is 11.8 Å². The van der Waals surface area contributed by atoms with Crippen molar-refractivity contribution in [3.63, 3.8) is 0 Å². The maximum atomic E-state index is 12.1. The third kappa shape index (κ3) is 6.27. The Morgan fingerprint density at radius 1 is 1.35 bits per heavy atom. The van der Waals surface area contributed by atoms with Crippen molar-refractivity contribution in [1.29, 1.82) is 0 Å². The van der Waals surface area contributed by atoms with Gasteiger partial charge < -0.3 is 10.2 Å². The minimum absolute atomic E-state index is 0. The first kappa shape index (κ1) is 16.7. The van der Waals surface area contributed by atoms with Gasteiger partial charge in [0.15, 0.2) is 0 Å². The van der Waals surface area contributed by atoms with Crippen molar-refractivity contribution in [1.82, 2.24) is 10.2 Å². The van der Waals surface area contributed by atoms with Crippen LogP contribution in [0.15, 0.2) is 0 Å². The molecule has 0 aliphatic carbocycles. The zero-order valence-corrected chi connectivity index (χ0v) is 12.2. The molecular weight excluding hydrogens is 236 g/mol. The van der Waals surface area contributed by atoms with E-state index in [4.69, 9.17) is 0 Å². The summed E-state index contributed by atoms with van der Waals surface area (Å²) in [5.74, 6) is 1.52. The number of hydrogen-bond acceptors (Lipinski definition) is 2. The van der Waals surface area contributed by atoms with Crippen LogP contribution >= 0.6 is 12.4 Å². The predicted molar refractivity (Wildman–Crippen MR) is 74.6 cm³/mol. The van der Waals surface area contributed by atoms with E-state index in [0.717, 1.165) is 45.4 Å². The van der Waals surface area contributed by atoms with Gasteiger partial charge >= 0.3 is 0 Å². The van der Waals surface area contributed by atoms with E-state index in [9.17, 15) is 4.79 Å². The van der Waals surface area contributed by atoms with Gasteiger partial charge in [-0.15, -0.1) is 12.4 Å². The van der Waals surface area contributed by atoms with Crippen molar-refractivity contribution >= 4 is 18.3 Å². The van der Waals surface area contributed by atoms with Gasteiger partial charge in [0.05, 0.1) is 0 Å². The lowest BCUT2D eigenvalue weighted by Gasteiger charge is -2.27. The van der Waals surface area contributed by atoms with E-state index in [2.05, 4.69) is 26.1 Å². The van der Waals surface area contributed by atoms with E-state index in [1.165, 1.54) is 0 Å². The molecule has 3 nitrogen and oxygen atoms in total. The minimum atomic E-state index is 0. The molecule has 1 rings (SSSR count). The molecule has 0 atom stereocenters. The molecule has 1 fully saturated rings. The predicted octanol–water partition coefficient (Wildman–Crippen LogP) is 2.30. The summed E-state index contributed by atoms with van der Waals surface area (Å²) in [5.41, 5.74) is 0. The van der Waals surface area contributed by atoms with E-state index in [1.54, 1.807) is 0 Å². The van der Waals surface area contributed by atoms with E-state index < -0.39 is 0 Å². The van der Waals surface area contributed by atoms with Crippen molar-refractivity contribution in [3.05, 3.63) is 0 Å². The van der Waals surface area contributed by atoms with Crippen LogP contribution < -0.4 is 5.32 Å². The van der Waals surface area contributed by atoms with Crippen LogP contribution in [0.2, 0.25) is 0 Å². The smallest absolute Gasteiger partial charge is 0.222 e. The number of nitrogens with zero attached hydrogens (tertiary/aromatic N) is 1. The second-order valence-electron chi connectivity index (χ2n) is 5.22. The fourth-order valence-electron chi connectivity index (χ4n) is 2.31. The Kier molecular flexibility index (Phi) is 8.61. The van der Waals surface area contributed by atoms with Crippen LogP contribution in [0.5, 0.6) is 0 Å². The number of rotatable bonds is 5. The Hall–Kier alpha value is -0.280. The molecule has 1 aliphatic heterocycles. The summed E-state index contributed by atoms with van der Waals surface area (Å²) in [7, 11) is 0. The summed E-state index contributed by atoms with van der Waals surface area (Å²) in [6, 6.07) is 0. The molecule has 0 aromatic heterocycles. The molecule has 1 saturated heterocycles. The van der Waals surface area contributed by atoms with Gasteiger partial charge in [-0.2, -0.15) is 0 Å². The van der Waals surface area contributed by atoms with Crippen molar-refractivity contribution in [2.75, 3.05) is 26.2 Å². The molecule has 102 valence electrons. The van der Waals surface area contributed by atoms with Crippen molar-refractivity contribution in [3.8, 4) is 0 Å². The highest BCUT2D eigenvalue weighted by Gasteiger charge is 2.20. The van der Waals surface area contributed by atoms with Gasteiger partial charge in [0, 0.05) is 19.5 Å². The summed E-state index contributed by atoms with van der Waals surface area (Å²) in [6.07, 6.45) is 3.07. The van der Waals surface area contributed by atoms with Crippen LogP contribution in [0.3, 0.4) is 0 Å². The van der Waals surface area contributed by atoms with Crippen LogP contribution in [-0.2, 0) is 4.79 Å². The zero-order valence-electron chi connectivity index (χ0n) is 11.4. The Bertz CT molecular complexity index is 215. The average Bonchev–Trinajstić information content (AvgIpc) is 2.26. The third-order valence-corrected chi connectivity index (χ3v) is 3.24. The highest BCUT2D eigenvalue weighted by atomic mass is 35.5. The van der Waals surface area contributed by atoms with Crippen molar-refractivity contribution in [2.45, 2.75) is 40.0 Å². The number of carbonyl (C=O) groups is 1. The second kappa shape index (κ2) is 8.76. The Morgan fingerprint density at radius 2 is 1.94 bits per heavy atom. The molecule has 1 aliphatic rings. The number of hydrogen-bond donors (Lipinski definition) is 1. The average molecular weight is 263 g/mol. The monoisotopic (exact) mass is 262 g/mol. The molecule has 1 N–H and O–H groups in total. The minimum Gasteiger partial charge on any atom is -0.343 e. The molecule has 0 aromatic rings. The molecule has 17 heavy (non-hydrogen) atoms. The second-order valence-corrected chi connectivity index (χ2v) is 5.22. The normalized spacial score (nSPS) is 16.7. The molecule has 1 heterocycles. The number of amides is 1. The number of carbonyl (C=O) groups excluding carboxylic acids is 1. The van der Waals surface area contributed by atoms with Crippen LogP contribution in [0.4, 0.5) is 0 Å². The summed E-state index contributed by atoms with van der Waals surface area (Å²) >= 11 is 0.